The summed E-state index contributed by atoms with van der Waals surface area (Å²) in [4.78, 5) is 16.8. The van der Waals surface area contributed by atoms with Gasteiger partial charge in [0.2, 0.25) is 5.89 Å². The molecule has 0 saturated carbocycles. The lowest BCUT2D eigenvalue weighted by atomic mass is 10.1. The third-order valence-electron chi connectivity index (χ3n) is 3.60. The van der Waals surface area contributed by atoms with Crippen LogP contribution in [0.3, 0.4) is 0 Å². The second-order valence-electron chi connectivity index (χ2n) is 5.81. The van der Waals surface area contributed by atoms with Gasteiger partial charge in [0.05, 0.1) is 0 Å². The summed E-state index contributed by atoms with van der Waals surface area (Å²) < 4.78 is 11.2. The average Bonchev–Trinajstić information content (AvgIpc) is 3.07. The molecule has 0 fully saturated rings. The predicted octanol–water partition coefficient (Wildman–Crippen LogP) is 4.82. The molecule has 0 N–H and O–H groups in total. The van der Waals surface area contributed by atoms with Gasteiger partial charge >= 0.3 is 5.97 Å². The number of hydrogen-bond donors (Lipinski definition) is 0. The Balaban J connectivity index is 1.83. The lowest BCUT2D eigenvalue weighted by molar-refractivity contribution is 0.0463. The monoisotopic (exact) mass is 321 g/mol. The molecule has 0 amide bonds. The topological polar surface area (TPSA) is 52.3 Å². The maximum absolute atomic E-state index is 12.4. The number of esters is 1. The second kappa shape index (κ2) is 7.13. The van der Waals surface area contributed by atoms with Crippen molar-refractivity contribution in [1.29, 1.82) is 0 Å². The minimum absolute atomic E-state index is 0.0363. The molecule has 122 valence electrons. The number of carbonyl (C=O) groups excluding carboxylic acids is 1. The number of aromatic nitrogens is 1. The maximum atomic E-state index is 12.4. The molecule has 0 radical (unpaired) electrons. The van der Waals surface area contributed by atoms with Crippen LogP contribution in [0.25, 0.3) is 11.5 Å². The fraction of sp³-hybridized carbons (Fsp3) is 0.200. The average molecular weight is 321 g/mol. The van der Waals surface area contributed by atoms with Crippen LogP contribution in [-0.4, -0.2) is 11.0 Å². The van der Waals surface area contributed by atoms with Crippen molar-refractivity contribution >= 4 is 5.97 Å². The normalized spacial score (nSPS) is 10.8. The summed E-state index contributed by atoms with van der Waals surface area (Å²) in [6.07, 6.45) is 0. The summed E-state index contributed by atoms with van der Waals surface area (Å²) in [7, 11) is 0. The van der Waals surface area contributed by atoms with Crippen LogP contribution in [0.4, 0.5) is 0 Å². The van der Waals surface area contributed by atoms with Gasteiger partial charge in [0.1, 0.15) is 12.4 Å². The molecule has 1 aromatic heterocycles. The molecule has 0 aliphatic heterocycles. The smallest absolute Gasteiger partial charge is 0.360 e. The van der Waals surface area contributed by atoms with Gasteiger partial charge in [-0.05, 0) is 17.7 Å². The van der Waals surface area contributed by atoms with E-state index in [1.54, 1.807) is 0 Å². The number of benzene rings is 2. The van der Waals surface area contributed by atoms with E-state index in [-0.39, 0.29) is 18.2 Å². The van der Waals surface area contributed by atoms with Crippen molar-refractivity contribution in [3.05, 3.63) is 77.7 Å². The van der Waals surface area contributed by atoms with Crippen molar-refractivity contribution in [3.8, 4) is 11.5 Å². The Bertz CT molecular complexity index is 807. The Hall–Kier alpha value is -2.88. The highest BCUT2D eigenvalue weighted by atomic mass is 16.5. The molecule has 4 heteroatoms. The van der Waals surface area contributed by atoms with Gasteiger partial charge in [-0.25, -0.2) is 9.78 Å². The Kier molecular flexibility index (Phi) is 4.75. The van der Waals surface area contributed by atoms with Gasteiger partial charge in [-0.3, -0.25) is 0 Å². The molecule has 0 spiro atoms. The van der Waals surface area contributed by atoms with Crippen LogP contribution in [0.15, 0.2) is 65.1 Å². The van der Waals surface area contributed by atoms with Crippen molar-refractivity contribution in [3.63, 3.8) is 0 Å². The first-order valence-corrected chi connectivity index (χ1v) is 7.92. The Labute approximate surface area is 141 Å². The summed E-state index contributed by atoms with van der Waals surface area (Å²) in [5.41, 5.74) is 2.02. The van der Waals surface area contributed by atoms with Crippen LogP contribution >= 0.6 is 0 Å². The van der Waals surface area contributed by atoms with Crippen LogP contribution in [0.5, 0.6) is 0 Å². The minimum atomic E-state index is -0.464. The van der Waals surface area contributed by atoms with Gasteiger partial charge < -0.3 is 9.15 Å². The maximum Gasteiger partial charge on any atom is 0.360 e. The lowest BCUT2D eigenvalue weighted by Gasteiger charge is -2.05. The fourth-order valence-corrected chi connectivity index (χ4v) is 2.37. The molecule has 4 nitrogen and oxygen atoms in total. The molecule has 0 bridgehead atoms. The van der Waals surface area contributed by atoms with Gasteiger partial charge in [0.25, 0.3) is 0 Å². The zero-order valence-electron chi connectivity index (χ0n) is 13.7. The highest BCUT2D eigenvalue weighted by Gasteiger charge is 2.24. The van der Waals surface area contributed by atoms with E-state index in [0.29, 0.717) is 11.7 Å². The minimum Gasteiger partial charge on any atom is -0.456 e. The van der Waals surface area contributed by atoms with Gasteiger partial charge in [-0.1, -0.05) is 62.4 Å². The summed E-state index contributed by atoms with van der Waals surface area (Å²) in [5.74, 6) is 0.556. The highest BCUT2D eigenvalue weighted by molar-refractivity contribution is 5.89. The van der Waals surface area contributed by atoms with Crippen molar-refractivity contribution in [1.82, 2.24) is 4.98 Å². The lowest BCUT2D eigenvalue weighted by Crippen LogP contribution is -2.09. The van der Waals surface area contributed by atoms with Gasteiger partial charge in [-0.2, -0.15) is 0 Å². The van der Waals surface area contributed by atoms with Crippen LogP contribution in [0.2, 0.25) is 0 Å². The number of rotatable bonds is 5. The van der Waals surface area contributed by atoms with E-state index >= 15 is 0 Å². The van der Waals surface area contributed by atoms with E-state index in [1.807, 2.05) is 74.5 Å². The second-order valence-corrected chi connectivity index (χ2v) is 5.81. The Morgan fingerprint density at radius 1 is 1.04 bits per heavy atom. The van der Waals surface area contributed by atoms with E-state index in [9.17, 15) is 4.79 Å². The van der Waals surface area contributed by atoms with E-state index in [2.05, 4.69) is 4.98 Å². The molecule has 2 aromatic carbocycles. The zero-order chi connectivity index (χ0) is 16.9. The van der Waals surface area contributed by atoms with Crippen LogP contribution < -0.4 is 0 Å². The molecule has 3 aromatic rings. The Morgan fingerprint density at radius 2 is 1.67 bits per heavy atom. The van der Waals surface area contributed by atoms with Gasteiger partial charge in [0.15, 0.2) is 5.69 Å². The van der Waals surface area contributed by atoms with E-state index in [0.717, 1.165) is 11.1 Å². The van der Waals surface area contributed by atoms with Crippen LogP contribution in [0, 0.1) is 0 Å². The molecule has 1 heterocycles. The first-order valence-electron chi connectivity index (χ1n) is 7.92. The number of carbonyl (C=O) groups is 1. The van der Waals surface area contributed by atoms with Crippen molar-refractivity contribution in [2.24, 2.45) is 0 Å². The molecule has 0 aliphatic rings. The van der Waals surface area contributed by atoms with E-state index in [4.69, 9.17) is 9.15 Å². The van der Waals surface area contributed by atoms with Crippen molar-refractivity contribution in [2.45, 2.75) is 26.4 Å². The molecular formula is C20H19NO3. The van der Waals surface area contributed by atoms with Crippen molar-refractivity contribution < 1.29 is 13.9 Å². The molecule has 3 rings (SSSR count). The molecule has 0 atom stereocenters. The van der Waals surface area contributed by atoms with Gasteiger partial charge in [0, 0.05) is 11.5 Å². The zero-order valence-corrected chi connectivity index (χ0v) is 13.7. The van der Waals surface area contributed by atoms with Crippen LogP contribution in [-0.2, 0) is 11.3 Å². The summed E-state index contributed by atoms with van der Waals surface area (Å²) in [6, 6.07) is 19.1. The predicted molar refractivity (Wildman–Crippen MR) is 91.6 cm³/mol. The number of nitrogens with zero attached hydrogens (tertiary/aromatic N) is 1. The summed E-state index contributed by atoms with van der Waals surface area (Å²) in [5, 5.41) is 0. The largest absolute Gasteiger partial charge is 0.456 e. The highest BCUT2D eigenvalue weighted by Crippen LogP contribution is 2.27. The summed E-state index contributed by atoms with van der Waals surface area (Å²) >= 11 is 0. The Morgan fingerprint density at radius 3 is 2.29 bits per heavy atom. The molecule has 0 saturated heterocycles. The fourth-order valence-electron chi connectivity index (χ4n) is 2.37. The first kappa shape index (κ1) is 16.0. The van der Waals surface area contributed by atoms with Crippen LogP contribution in [0.1, 0.15) is 41.6 Å². The van der Waals surface area contributed by atoms with E-state index in [1.165, 1.54) is 0 Å². The number of hydrogen-bond acceptors (Lipinski definition) is 4. The third kappa shape index (κ3) is 3.54. The van der Waals surface area contributed by atoms with E-state index < -0.39 is 5.97 Å². The molecular weight excluding hydrogens is 302 g/mol. The molecule has 0 unspecified atom stereocenters. The van der Waals surface area contributed by atoms with Gasteiger partial charge in [-0.15, -0.1) is 0 Å². The standard InChI is InChI=1S/C20H19NO3/c1-14(2)18-17(20(22)23-13-15-9-5-3-6-10-15)21-19(24-18)16-11-7-4-8-12-16/h3-12,14H,13H2,1-2H3. The third-order valence-corrected chi connectivity index (χ3v) is 3.60. The number of ether oxygens (including phenoxy) is 1. The summed E-state index contributed by atoms with van der Waals surface area (Å²) in [6.45, 7) is 4.14. The van der Waals surface area contributed by atoms with Crippen molar-refractivity contribution in [2.75, 3.05) is 0 Å². The first-order chi connectivity index (χ1) is 11.6. The SMILES string of the molecule is CC(C)c1oc(-c2ccccc2)nc1C(=O)OCc1ccccc1. The quantitative estimate of drug-likeness (QED) is 0.632. The molecule has 24 heavy (non-hydrogen) atoms. The molecule has 0 aliphatic carbocycles. The number of oxazole rings is 1.